The fraction of sp³-hybridized carbons (Fsp3) is 0.222. The smallest absolute Gasteiger partial charge is 0.411 e. The number of amides is 1. The summed E-state index contributed by atoms with van der Waals surface area (Å²) in [5.41, 5.74) is 0.277. The molecule has 29 heavy (non-hydrogen) atoms. The van der Waals surface area contributed by atoms with Crippen molar-refractivity contribution in [1.82, 2.24) is 9.78 Å². The van der Waals surface area contributed by atoms with E-state index >= 15 is 0 Å². The molecule has 0 aliphatic rings. The van der Waals surface area contributed by atoms with Crippen LogP contribution in [0.25, 0.3) is 0 Å². The average Bonchev–Trinajstić information content (AvgIpc) is 3.29. The van der Waals surface area contributed by atoms with E-state index in [0.29, 0.717) is 16.5 Å². The number of benzene rings is 1. The van der Waals surface area contributed by atoms with Crippen molar-refractivity contribution >= 4 is 23.2 Å². The number of ether oxygens (including phenoxy) is 2. The fourth-order valence-corrected chi connectivity index (χ4v) is 2.42. The molecule has 2 aromatic heterocycles. The van der Waals surface area contributed by atoms with Crippen LogP contribution in [0.4, 0.5) is 18.9 Å². The molecule has 0 radical (unpaired) electrons. The van der Waals surface area contributed by atoms with Gasteiger partial charge in [-0.1, -0.05) is 17.7 Å². The van der Waals surface area contributed by atoms with E-state index in [9.17, 15) is 18.0 Å². The van der Waals surface area contributed by atoms with Crippen molar-refractivity contribution in [2.75, 3.05) is 11.9 Å². The van der Waals surface area contributed by atoms with Gasteiger partial charge < -0.3 is 19.2 Å². The highest BCUT2D eigenvalue weighted by Crippen LogP contribution is 2.19. The molecule has 0 fully saturated rings. The summed E-state index contributed by atoms with van der Waals surface area (Å²) in [7, 11) is 0. The molecule has 0 bridgehead atoms. The van der Waals surface area contributed by atoms with Crippen LogP contribution in [-0.4, -0.2) is 28.5 Å². The van der Waals surface area contributed by atoms with E-state index in [4.69, 9.17) is 20.8 Å². The lowest BCUT2D eigenvalue weighted by atomic mass is 10.3. The molecular weight excluding hydrogens is 415 g/mol. The van der Waals surface area contributed by atoms with Crippen molar-refractivity contribution in [2.45, 2.75) is 19.5 Å². The number of nitrogens with one attached hydrogen (secondary N) is 1. The molecule has 1 amide bonds. The zero-order chi connectivity index (χ0) is 20.9. The Kier molecular flexibility index (Phi) is 6.45. The zero-order valence-electron chi connectivity index (χ0n) is 14.8. The van der Waals surface area contributed by atoms with Crippen molar-refractivity contribution in [3.05, 3.63) is 65.3 Å². The fourth-order valence-electron chi connectivity index (χ4n) is 2.24. The summed E-state index contributed by atoms with van der Waals surface area (Å²) in [6.45, 7) is -1.69. The molecule has 1 N–H and O–H groups in total. The standard InChI is InChI=1S/C18H15ClF3N3O4/c19-12-2-1-3-14(6-12)28-9-15-4-5-16(29-15)17(26)24-13-7-23-25(8-13)11-27-10-18(20,21)22/h1-8H,9-11H2,(H,24,26). The molecule has 0 spiro atoms. The van der Waals surface area contributed by atoms with Crippen molar-refractivity contribution in [3.63, 3.8) is 0 Å². The van der Waals surface area contributed by atoms with Crippen LogP contribution in [-0.2, 0) is 18.1 Å². The third kappa shape index (κ3) is 6.54. The Morgan fingerprint density at radius 1 is 1.28 bits per heavy atom. The summed E-state index contributed by atoms with van der Waals surface area (Å²) in [5.74, 6) is 0.469. The maximum atomic E-state index is 12.2. The first kappa shape index (κ1) is 20.7. The van der Waals surface area contributed by atoms with Crippen LogP contribution in [0.1, 0.15) is 16.3 Å². The van der Waals surface area contributed by atoms with Gasteiger partial charge in [-0.3, -0.25) is 4.79 Å². The third-order valence-electron chi connectivity index (χ3n) is 3.44. The van der Waals surface area contributed by atoms with Gasteiger partial charge in [0.05, 0.1) is 18.1 Å². The van der Waals surface area contributed by atoms with Gasteiger partial charge in [-0.15, -0.1) is 0 Å². The van der Waals surface area contributed by atoms with Crippen LogP contribution in [0.5, 0.6) is 5.75 Å². The van der Waals surface area contributed by atoms with Gasteiger partial charge in [0.2, 0.25) is 0 Å². The Labute approximate surface area is 168 Å². The van der Waals surface area contributed by atoms with Crippen LogP contribution in [0.3, 0.4) is 0 Å². The van der Waals surface area contributed by atoms with Crippen molar-refractivity contribution < 1.29 is 31.9 Å². The second-order valence-corrected chi connectivity index (χ2v) is 6.26. The molecule has 1 aromatic carbocycles. The number of carbonyl (C=O) groups excluding carboxylic acids is 1. The van der Waals surface area contributed by atoms with Gasteiger partial charge >= 0.3 is 6.18 Å². The molecule has 2 heterocycles. The molecule has 3 aromatic rings. The van der Waals surface area contributed by atoms with Crippen molar-refractivity contribution in [2.24, 2.45) is 0 Å². The number of hydrogen-bond acceptors (Lipinski definition) is 5. The van der Waals surface area contributed by atoms with E-state index < -0.39 is 25.4 Å². The normalized spacial score (nSPS) is 11.4. The Balaban J connectivity index is 1.50. The number of rotatable bonds is 8. The topological polar surface area (TPSA) is 78.5 Å². The van der Waals surface area contributed by atoms with E-state index in [1.54, 1.807) is 30.3 Å². The minimum absolute atomic E-state index is 0.0377. The van der Waals surface area contributed by atoms with E-state index in [2.05, 4.69) is 15.2 Å². The summed E-state index contributed by atoms with van der Waals surface area (Å²) in [5, 5.41) is 6.87. The second kappa shape index (κ2) is 9.01. The van der Waals surface area contributed by atoms with Crippen LogP contribution < -0.4 is 10.1 Å². The number of alkyl halides is 3. The number of furan rings is 1. The molecule has 0 aliphatic carbocycles. The number of carbonyl (C=O) groups is 1. The lowest BCUT2D eigenvalue weighted by Gasteiger charge is -2.07. The Hall–Kier alpha value is -2.98. The molecule has 154 valence electrons. The van der Waals surface area contributed by atoms with Crippen LogP contribution in [0.2, 0.25) is 5.02 Å². The first-order valence-electron chi connectivity index (χ1n) is 8.24. The predicted molar refractivity (Wildman–Crippen MR) is 96.7 cm³/mol. The molecule has 11 heteroatoms. The minimum atomic E-state index is -4.42. The van der Waals surface area contributed by atoms with Gasteiger partial charge in [-0.2, -0.15) is 18.3 Å². The van der Waals surface area contributed by atoms with Gasteiger partial charge in [-0.25, -0.2) is 4.68 Å². The Morgan fingerprint density at radius 3 is 2.86 bits per heavy atom. The van der Waals surface area contributed by atoms with Gasteiger partial charge in [-0.05, 0) is 30.3 Å². The summed E-state index contributed by atoms with van der Waals surface area (Å²) in [6, 6.07) is 9.91. The second-order valence-electron chi connectivity index (χ2n) is 5.83. The van der Waals surface area contributed by atoms with E-state index in [1.807, 2.05) is 0 Å². The lowest BCUT2D eigenvalue weighted by molar-refractivity contribution is -0.182. The van der Waals surface area contributed by atoms with E-state index in [1.165, 1.54) is 18.5 Å². The van der Waals surface area contributed by atoms with Gasteiger partial charge in [0.15, 0.2) is 5.76 Å². The molecule has 0 saturated heterocycles. The minimum Gasteiger partial charge on any atom is -0.486 e. The van der Waals surface area contributed by atoms with Gasteiger partial charge in [0.25, 0.3) is 5.91 Å². The summed E-state index contributed by atoms with van der Waals surface area (Å²) >= 11 is 5.88. The first-order chi connectivity index (χ1) is 13.8. The van der Waals surface area contributed by atoms with E-state index in [0.717, 1.165) is 4.68 Å². The molecule has 0 unspecified atom stereocenters. The zero-order valence-corrected chi connectivity index (χ0v) is 15.5. The van der Waals surface area contributed by atoms with Crippen LogP contribution in [0, 0.1) is 0 Å². The number of nitrogens with zero attached hydrogens (tertiary/aromatic N) is 2. The maximum Gasteiger partial charge on any atom is 0.411 e. The lowest BCUT2D eigenvalue weighted by Crippen LogP contribution is -2.18. The Morgan fingerprint density at radius 2 is 2.10 bits per heavy atom. The molecule has 3 rings (SSSR count). The predicted octanol–water partition coefficient (Wildman–Crippen LogP) is 4.50. The quantitative estimate of drug-likeness (QED) is 0.570. The first-order valence-corrected chi connectivity index (χ1v) is 8.62. The highest BCUT2D eigenvalue weighted by Gasteiger charge is 2.27. The highest BCUT2D eigenvalue weighted by molar-refractivity contribution is 6.30. The third-order valence-corrected chi connectivity index (χ3v) is 3.68. The van der Waals surface area contributed by atoms with Gasteiger partial charge in [0.1, 0.15) is 31.5 Å². The summed E-state index contributed by atoms with van der Waals surface area (Å²) in [6.07, 6.45) is -1.81. The molecular formula is C18H15ClF3N3O4. The Bertz CT molecular complexity index is 971. The van der Waals surface area contributed by atoms with Crippen LogP contribution >= 0.6 is 11.6 Å². The highest BCUT2D eigenvalue weighted by atomic mass is 35.5. The van der Waals surface area contributed by atoms with Gasteiger partial charge in [0, 0.05) is 5.02 Å². The largest absolute Gasteiger partial charge is 0.486 e. The molecule has 0 atom stereocenters. The van der Waals surface area contributed by atoms with Crippen molar-refractivity contribution in [1.29, 1.82) is 0 Å². The SMILES string of the molecule is O=C(Nc1cnn(COCC(F)(F)F)c1)c1ccc(COc2cccc(Cl)c2)o1. The summed E-state index contributed by atoms with van der Waals surface area (Å²) < 4.78 is 52.7. The molecule has 7 nitrogen and oxygen atoms in total. The summed E-state index contributed by atoms with van der Waals surface area (Å²) in [4.78, 5) is 12.2. The average molecular weight is 430 g/mol. The number of anilines is 1. The van der Waals surface area contributed by atoms with Crippen molar-refractivity contribution in [3.8, 4) is 5.75 Å². The number of aromatic nitrogens is 2. The maximum absolute atomic E-state index is 12.2. The van der Waals surface area contributed by atoms with Crippen LogP contribution in [0.15, 0.2) is 53.2 Å². The molecule has 0 aliphatic heterocycles. The number of halogens is 4. The monoisotopic (exact) mass is 429 g/mol. The number of hydrogen-bond donors (Lipinski definition) is 1. The van der Waals surface area contributed by atoms with E-state index in [-0.39, 0.29) is 18.1 Å². The molecule has 0 saturated carbocycles.